The lowest BCUT2D eigenvalue weighted by Gasteiger charge is -2.10. The number of aryl methyl sites for hydroxylation is 2. The Morgan fingerprint density at radius 2 is 1.72 bits per heavy atom. The van der Waals surface area contributed by atoms with Gasteiger partial charge in [-0.2, -0.15) is 0 Å². The molecule has 0 aliphatic rings. The van der Waals surface area contributed by atoms with E-state index in [0.29, 0.717) is 17.3 Å². The van der Waals surface area contributed by atoms with Crippen molar-refractivity contribution in [3.8, 4) is 0 Å². The van der Waals surface area contributed by atoms with Gasteiger partial charge in [-0.1, -0.05) is 29.8 Å². The summed E-state index contributed by atoms with van der Waals surface area (Å²) in [6, 6.07) is 11.0. The third-order valence-electron chi connectivity index (χ3n) is 2.80. The Balaban J connectivity index is 2.11. The fraction of sp³-hybridized carbons (Fsp3) is 0.200. The average Bonchev–Trinajstić information content (AvgIpc) is 2.30. The van der Waals surface area contributed by atoms with Crippen molar-refractivity contribution in [3.63, 3.8) is 0 Å². The molecule has 3 heteroatoms. The first-order valence-electron chi connectivity index (χ1n) is 5.81. The van der Waals surface area contributed by atoms with Crippen LogP contribution in [0.15, 0.2) is 36.4 Å². The minimum absolute atomic E-state index is 0.238. The summed E-state index contributed by atoms with van der Waals surface area (Å²) >= 11 is 6.13. The molecule has 2 rings (SSSR count). The highest BCUT2D eigenvalue weighted by Gasteiger charge is 2.04. The van der Waals surface area contributed by atoms with Crippen LogP contribution in [0.2, 0.25) is 5.02 Å². The van der Waals surface area contributed by atoms with Crippen LogP contribution >= 0.6 is 11.6 Å². The van der Waals surface area contributed by atoms with E-state index < -0.39 is 0 Å². The standard InChI is InChI=1S/C15H15ClFN/c1-10-3-5-12(13(16)7-10)9-18-15-6-4-11(2)8-14(15)17/h3-8,18H,9H2,1-2H3. The van der Waals surface area contributed by atoms with Gasteiger partial charge in [0, 0.05) is 11.6 Å². The van der Waals surface area contributed by atoms with Crippen LogP contribution in [0, 0.1) is 19.7 Å². The molecular weight excluding hydrogens is 249 g/mol. The molecule has 0 spiro atoms. The lowest BCUT2D eigenvalue weighted by atomic mass is 10.1. The molecule has 94 valence electrons. The smallest absolute Gasteiger partial charge is 0.146 e. The Morgan fingerprint density at radius 1 is 1.06 bits per heavy atom. The highest BCUT2D eigenvalue weighted by molar-refractivity contribution is 6.31. The second-order valence-corrected chi connectivity index (χ2v) is 4.84. The van der Waals surface area contributed by atoms with Crippen molar-refractivity contribution in [2.75, 3.05) is 5.32 Å². The Hall–Kier alpha value is -1.54. The predicted molar refractivity (Wildman–Crippen MR) is 74.7 cm³/mol. The topological polar surface area (TPSA) is 12.0 Å². The molecule has 0 bridgehead atoms. The lowest BCUT2D eigenvalue weighted by Crippen LogP contribution is -2.02. The van der Waals surface area contributed by atoms with Gasteiger partial charge in [0.15, 0.2) is 0 Å². The van der Waals surface area contributed by atoms with Crippen LogP contribution in [0.1, 0.15) is 16.7 Å². The van der Waals surface area contributed by atoms with Crippen LogP contribution < -0.4 is 5.32 Å². The van der Waals surface area contributed by atoms with Gasteiger partial charge in [0.25, 0.3) is 0 Å². The molecule has 2 aromatic rings. The largest absolute Gasteiger partial charge is 0.379 e. The van der Waals surface area contributed by atoms with Crippen molar-refractivity contribution in [2.24, 2.45) is 0 Å². The van der Waals surface area contributed by atoms with E-state index in [2.05, 4.69) is 5.32 Å². The molecule has 1 N–H and O–H groups in total. The van der Waals surface area contributed by atoms with Gasteiger partial charge in [0.2, 0.25) is 0 Å². The Morgan fingerprint density at radius 3 is 2.39 bits per heavy atom. The van der Waals surface area contributed by atoms with Gasteiger partial charge >= 0.3 is 0 Å². The first-order chi connectivity index (χ1) is 8.56. The highest BCUT2D eigenvalue weighted by atomic mass is 35.5. The summed E-state index contributed by atoms with van der Waals surface area (Å²) in [5, 5.41) is 3.76. The second kappa shape index (κ2) is 5.40. The van der Waals surface area contributed by atoms with Crippen LogP contribution in [0.4, 0.5) is 10.1 Å². The van der Waals surface area contributed by atoms with E-state index in [0.717, 1.165) is 16.7 Å². The van der Waals surface area contributed by atoms with Gasteiger partial charge in [-0.05, 0) is 48.7 Å². The normalized spacial score (nSPS) is 10.4. The zero-order valence-electron chi connectivity index (χ0n) is 10.4. The summed E-state index contributed by atoms with van der Waals surface area (Å²) in [6.07, 6.45) is 0. The number of rotatable bonds is 3. The van der Waals surface area contributed by atoms with Crippen molar-refractivity contribution in [2.45, 2.75) is 20.4 Å². The SMILES string of the molecule is Cc1ccc(NCc2ccc(C)cc2Cl)c(F)c1. The summed E-state index contributed by atoms with van der Waals surface area (Å²) in [5.74, 6) is -0.238. The highest BCUT2D eigenvalue weighted by Crippen LogP contribution is 2.20. The maximum absolute atomic E-state index is 13.6. The van der Waals surface area contributed by atoms with Crippen molar-refractivity contribution < 1.29 is 4.39 Å². The molecular formula is C15H15ClFN. The predicted octanol–water partition coefficient (Wildman–Crippen LogP) is 4.71. The molecule has 0 aliphatic carbocycles. The molecule has 0 aliphatic heterocycles. The molecule has 0 saturated carbocycles. The van der Waals surface area contributed by atoms with Gasteiger partial charge < -0.3 is 5.32 Å². The van der Waals surface area contributed by atoms with Crippen LogP contribution in [-0.4, -0.2) is 0 Å². The summed E-state index contributed by atoms with van der Waals surface area (Å²) in [7, 11) is 0. The number of hydrogen-bond acceptors (Lipinski definition) is 1. The minimum atomic E-state index is -0.238. The Kier molecular flexibility index (Phi) is 3.87. The minimum Gasteiger partial charge on any atom is -0.379 e. The molecule has 1 nitrogen and oxygen atoms in total. The maximum atomic E-state index is 13.6. The Labute approximate surface area is 112 Å². The second-order valence-electron chi connectivity index (χ2n) is 4.43. The van der Waals surface area contributed by atoms with Gasteiger partial charge in [0.05, 0.1) is 5.69 Å². The van der Waals surface area contributed by atoms with E-state index in [9.17, 15) is 4.39 Å². The molecule has 0 heterocycles. The maximum Gasteiger partial charge on any atom is 0.146 e. The third-order valence-corrected chi connectivity index (χ3v) is 3.15. The van der Waals surface area contributed by atoms with Crippen molar-refractivity contribution in [3.05, 3.63) is 63.9 Å². The monoisotopic (exact) mass is 263 g/mol. The van der Waals surface area contributed by atoms with Crippen LogP contribution in [-0.2, 0) is 6.54 Å². The fourth-order valence-electron chi connectivity index (χ4n) is 1.75. The first-order valence-corrected chi connectivity index (χ1v) is 6.19. The summed E-state index contributed by atoms with van der Waals surface area (Å²) < 4.78 is 13.6. The average molecular weight is 264 g/mol. The molecule has 0 amide bonds. The first kappa shape index (κ1) is 12.9. The molecule has 0 fully saturated rings. The van der Waals surface area contributed by atoms with E-state index in [4.69, 9.17) is 11.6 Å². The van der Waals surface area contributed by atoms with E-state index in [1.165, 1.54) is 6.07 Å². The molecule has 0 unspecified atom stereocenters. The number of nitrogens with one attached hydrogen (secondary N) is 1. The lowest BCUT2D eigenvalue weighted by molar-refractivity contribution is 0.629. The van der Waals surface area contributed by atoms with Crippen LogP contribution in [0.5, 0.6) is 0 Å². The summed E-state index contributed by atoms with van der Waals surface area (Å²) in [4.78, 5) is 0. The number of anilines is 1. The van der Waals surface area contributed by atoms with Crippen molar-refractivity contribution >= 4 is 17.3 Å². The van der Waals surface area contributed by atoms with Crippen molar-refractivity contribution in [1.29, 1.82) is 0 Å². The third kappa shape index (κ3) is 3.02. The van der Waals surface area contributed by atoms with E-state index in [1.807, 2.05) is 38.1 Å². The van der Waals surface area contributed by atoms with Crippen LogP contribution in [0.3, 0.4) is 0 Å². The number of hydrogen-bond donors (Lipinski definition) is 1. The van der Waals surface area contributed by atoms with E-state index in [1.54, 1.807) is 6.07 Å². The van der Waals surface area contributed by atoms with E-state index >= 15 is 0 Å². The zero-order chi connectivity index (χ0) is 13.1. The molecule has 0 radical (unpaired) electrons. The fourth-order valence-corrected chi connectivity index (χ4v) is 2.05. The van der Waals surface area contributed by atoms with Gasteiger partial charge in [-0.3, -0.25) is 0 Å². The molecule has 0 saturated heterocycles. The molecule has 18 heavy (non-hydrogen) atoms. The number of halogens is 2. The van der Waals surface area contributed by atoms with Gasteiger partial charge in [0.1, 0.15) is 5.82 Å². The van der Waals surface area contributed by atoms with Gasteiger partial charge in [-0.25, -0.2) is 4.39 Å². The molecule has 0 aromatic heterocycles. The Bertz CT molecular complexity index is 515. The summed E-state index contributed by atoms with van der Waals surface area (Å²) in [5.41, 5.74) is 3.48. The molecule has 0 atom stereocenters. The van der Waals surface area contributed by atoms with Gasteiger partial charge in [-0.15, -0.1) is 0 Å². The van der Waals surface area contributed by atoms with Crippen LogP contribution in [0.25, 0.3) is 0 Å². The van der Waals surface area contributed by atoms with E-state index in [-0.39, 0.29) is 5.82 Å². The number of benzene rings is 2. The molecule has 2 aromatic carbocycles. The summed E-state index contributed by atoms with van der Waals surface area (Å²) in [6.45, 7) is 4.37. The zero-order valence-corrected chi connectivity index (χ0v) is 11.2. The van der Waals surface area contributed by atoms with Crippen molar-refractivity contribution in [1.82, 2.24) is 0 Å². The quantitative estimate of drug-likeness (QED) is 0.846.